The molecule has 4 nitrogen and oxygen atoms in total. The number of nitrogens with zero attached hydrogens (tertiary/aromatic N) is 2. The third-order valence-electron chi connectivity index (χ3n) is 3.05. The average Bonchev–Trinajstić information content (AvgIpc) is 2.32. The van der Waals surface area contributed by atoms with Crippen molar-refractivity contribution in [1.29, 1.82) is 5.26 Å². The maximum absolute atomic E-state index is 8.43. The third kappa shape index (κ3) is 5.11. The van der Waals surface area contributed by atoms with E-state index in [9.17, 15) is 0 Å². The van der Waals surface area contributed by atoms with Crippen LogP contribution in [0.2, 0.25) is 0 Å². The Balaban J connectivity index is 2.05. The number of nitrogens with one attached hydrogen (secondary N) is 2. The summed E-state index contributed by atoms with van der Waals surface area (Å²) in [6.45, 7) is 8.92. The molecule has 0 aliphatic heterocycles. The molecule has 16 heavy (non-hydrogen) atoms. The van der Waals surface area contributed by atoms with Crippen LogP contribution in [0.5, 0.6) is 0 Å². The van der Waals surface area contributed by atoms with Crippen LogP contribution in [-0.4, -0.2) is 31.7 Å². The molecule has 4 heteroatoms. The Morgan fingerprint density at radius 3 is 2.19 bits per heavy atom. The molecule has 88 valence electrons. The fraction of sp³-hybridized carbons (Fsp3) is 0.833. The predicted molar refractivity (Wildman–Crippen MR) is 63.7 cm³/mol. The fourth-order valence-electron chi connectivity index (χ4n) is 2.16. The van der Waals surface area contributed by atoms with Crippen molar-refractivity contribution in [3.8, 4) is 6.07 Å². The Morgan fingerprint density at radius 2 is 1.69 bits per heavy atom. The van der Waals surface area contributed by atoms with Crippen LogP contribution in [0.15, 0.2) is 0 Å². The lowest BCUT2D eigenvalue weighted by atomic mass is 9.91. The van der Waals surface area contributed by atoms with E-state index in [1.165, 1.54) is 25.7 Å². The SMILES string of the molecule is [C-]#[N+]CCNC1CCC(NCCC#N)CC1. The highest BCUT2D eigenvalue weighted by Gasteiger charge is 2.19. The van der Waals surface area contributed by atoms with Gasteiger partial charge in [0.15, 0.2) is 0 Å². The lowest BCUT2D eigenvalue weighted by molar-refractivity contribution is 0.312. The monoisotopic (exact) mass is 220 g/mol. The number of hydrogen-bond donors (Lipinski definition) is 2. The van der Waals surface area contributed by atoms with Crippen molar-refractivity contribution in [2.75, 3.05) is 19.6 Å². The Morgan fingerprint density at radius 1 is 1.12 bits per heavy atom. The van der Waals surface area contributed by atoms with Crippen LogP contribution < -0.4 is 10.6 Å². The zero-order chi connectivity index (χ0) is 11.6. The standard InChI is InChI=1S/C12H20N4/c1-14-9-10-16-12-5-3-11(4-6-12)15-8-2-7-13/h11-12,15-16H,2-6,8-10H2. The molecule has 0 spiro atoms. The summed E-state index contributed by atoms with van der Waals surface area (Å²) in [5.41, 5.74) is 0. The van der Waals surface area contributed by atoms with Crippen LogP contribution in [0, 0.1) is 17.9 Å². The van der Waals surface area contributed by atoms with Crippen LogP contribution >= 0.6 is 0 Å². The summed E-state index contributed by atoms with van der Waals surface area (Å²) in [5.74, 6) is 0. The van der Waals surface area contributed by atoms with Gasteiger partial charge in [0, 0.05) is 25.0 Å². The Labute approximate surface area is 97.8 Å². The Kier molecular flexibility index (Phi) is 6.56. The molecule has 1 fully saturated rings. The maximum atomic E-state index is 8.43. The van der Waals surface area contributed by atoms with Gasteiger partial charge < -0.3 is 15.5 Å². The second kappa shape index (κ2) is 8.10. The van der Waals surface area contributed by atoms with Gasteiger partial charge in [-0.2, -0.15) is 5.26 Å². The molecular formula is C12H20N4. The minimum atomic E-state index is 0.584. The first kappa shape index (κ1) is 13.0. The number of hydrogen-bond acceptors (Lipinski definition) is 3. The topological polar surface area (TPSA) is 52.2 Å². The first-order chi connectivity index (χ1) is 7.86. The number of rotatable bonds is 6. The summed E-state index contributed by atoms with van der Waals surface area (Å²) in [5, 5.41) is 15.3. The van der Waals surface area contributed by atoms with Gasteiger partial charge in [-0.3, -0.25) is 0 Å². The van der Waals surface area contributed by atoms with Gasteiger partial charge in [0.05, 0.1) is 12.6 Å². The molecule has 0 heterocycles. The van der Waals surface area contributed by atoms with Gasteiger partial charge in [0.1, 0.15) is 0 Å². The molecule has 0 aromatic carbocycles. The zero-order valence-corrected chi connectivity index (χ0v) is 9.71. The van der Waals surface area contributed by atoms with Crippen LogP contribution in [0.3, 0.4) is 0 Å². The smallest absolute Gasteiger partial charge is 0.226 e. The molecule has 1 rings (SSSR count). The summed E-state index contributed by atoms with van der Waals surface area (Å²) in [6, 6.07) is 3.33. The first-order valence-electron chi connectivity index (χ1n) is 6.03. The van der Waals surface area contributed by atoms with Crippen LogP contribution in [0.1, 0.15) is 32.1 Å². The van der Waals surface area contributed by atoms with Crippen molar-refractivity contribution in [1.82, 2.24) is 10.6 Å². The molecule has 1 saturated carbocycles. The van der Waals surface area contributed by atoms with Crippen LogP contribution in [-0.2, 0) is 0 Å². The summed E-state index contributed by atoms with van der Waals surface area (Å²) in [7, 11) is 0. The molecule has 0 atom stereocenters. The van der Waals surface area contributed by atoms with Crippen molar-refractivity contribution in [3.05, 3.63) is 11.4 Å². The maximum Gasteiger partial charge on any atom is 0.226 e. The molecular weight excluding hydrogens is 200 g/mol. The summed E-state index contributed by atoms with van der Waals surface area (Å²) >= 11 is 0. The minimum absolute atomic E-state index is 0.584. The van der Waals surface area contributed by atoms with Gasteiger partial charge in [0.2, 0.25) is 6.54 Å². The van der Waals surface area contributed by atoms with Crippen molar-refractivity contribution in [3.63, 3.8) is 0 Å². The molecule has 0 amide bonds. The molecule has 2 N–H and O–H groups in total. The molecule has 0 aromatic heterocycles. The quantitative estimate of drug-likeness (QED) is 0.524. The second-order valence-electron chi connectivity index (χ2n) is 4.25. The summed E-state index contributed by atoms with van der Waals surface area (Å²) in [6.07, 6.45) is 5.33. The predicted octanol–water partition coefficient (Wildman–Crippen LogP) is 1.31. The van der Waals surface area contributed by atoms with Gasteiger partial charge in [-0.25, -0.2) is 6.57 Å². The van der Waals surface area contributed by atoms with Crippen molar-refractivity contribution in [2.45, 2.75) is 44.2 Å². The van der Waals surface area contributed by atoms with E-state index in [2.05, 4.69) is 21.5 Å². The summed E-state index contributed by atoms with van der Waals surface area (Å²) in [4.78, 5) is 3.33. The van der Waals surface area contributed by atoms with E-state index in [1.54, 1.807) is 0 Å². The van der Waals surface area contributed by atoms with E-state index < -0.39 is 0 Å². The van der Waals surface area contributed by atoms with Gasteiger partial charge >= 0.3 is 0 Å². The zero-order valence-electron chi connectivity index (χ0n) is 9.71. The van der Waals surface area contributed by atoms with E-state index >= 15 is 0 Å². The van der Waals surface area contributed by atoms with E-state index in [4.69, 9.17) is 11.8 Å². The molecule has 1 aliphatic rings. The molecule has 0 radical (unpaired) electrons. The van der Waals surface area contributed by atoms with Gasteiger partial charge in [-0.05, 0) is 25.7 Å². The fourth-order valence-corrected chi connectivity index (χ4v) is 2.16. The number of nitriles is 1. The van der Waals surface area contributed by atoms with E-state index in [1.807, 2.05) is 0 Å². The first-order valence-corrected chi connectivity index (χ1v) is 6.03. The van der Waals surface area contributed by atoms with E-state index in [0.717, 1.165) is 13.1 Å². The molecule has 0 aromatic rings. The normalized spacial score (nSPS) is 24.6. The van der Waals surface area contributed by atoms with Gasteiger partial charge in [-0.1, -0.05) is 0 Å². The molecule has 0 bridgehead atoms. The van der Waals surface area contributed by atoms with E-state index in [0.29, 0.717) is 25.0 Å². The summed E-state index contributed by atoms with van der Waals surface area (Å²) < 4.78 is 0. The van der Waals surface area contributed by atoms with Crippen molar-refractivity contribution in [2.24, 2.45) is 0 Å². The average molecular weight is 220 g/mol. The van der Waals surface area contributed by atoms with Gasteiger partial charge in [0.25, 0.3) is 0 Å². The molecule has 1 aliphatic carbocycles. The van der Waals surface area contributed by atoms with Crippen LogP contribution in [0.4, 0.5) is 0 Å². The Bertz CT molecular complexity index is 227. The third-order valence-corrected chi connectivity index (χ3v) is 3.05. The highest BCUT2D eigenvalue weighted by Crippen LogP contribution is 2.18. The highest BCUT2D eigenvalue weighted by molar-refractivity contribution is 4.82. The second-order valence-corrected chi connectivity index (χ2v) is 4.25. The van der Waals surface area contributed by atoms with Crippen LogP contribution in [0.25, 0.3) is 4.85 Å². The lowest BCUT2D eigenvalue weighted by Gasteiger charge is -2.29. The molecule has 0 saturated heterocycles. The van der Waals surface area contributed by atoms with Crippen molar-refractivity contribution >= 4 is 0 Å². The highest BCUT2D eigenvalue weighted by atomic mass is 15.0. The Hall–Kier alpha value is -1.10. The molecule has 0 unspecified atom stereocenters. The lowest BCUT2D eigenvalue weighted by Crippen LogP contribution is -2.40. The largest absolute Gasteiger partial charge is 0.316 e. The minimum Gasteiger partial charge on any atom is -0.316 e. The van der Waals surface area contributed by atoms with Gasteiger partial charge in [-0.15, -0.1) is 0 Å². The van der Waals surface area contributed by atoms with Crippen molar-refractivity contribution < 1.29 is 0 Å². The van der Waals surface area contributed by atoms with E-state index in [-0.39, 0.29) is 0 Å².